The summed E-state index contributed by atoms with van der Waals surface area (Å²) >= 11 is 1.15. The van der Waals surface area contributed by atoms with Crippen LogP contribution in [0.25, 0.3) is 0 Å². The first-order valence-corrected chi connectivity index (χ1v) is 7.21. The molecular formula is C14H15N3O3S. The Morgan fingerprint density at radius 1 is 1.48 bits per heavy atom. The van der Waals surface area contributed by atoms with E-state index in [1.165, 1.54) is 13.0 Å². The van der Waals surface area contributed by atoms with Crippen molar-refractivity contribution in [2.24, 2.45) is 0 Å². The molecule has 2 heterocycles. The second kappa shape index (κ2) is 6.45. The van der Waals surface area contributed by atoms with Gasteiger partial charge in [0.15, 0.2) is 10.8 Å². The maximum atomic E-state index is 11.4. The van der Waals surface area contributed by atoms with Gasteiger partial charge < -0.3 is 4.90 Å². The van der Waals surface area contributed by atoms with Crippen molar-refractivity contribution in [1.82, 2.24) is 4.98 Å². The first-order valence-electron chi connectivity index (χ1n) is 6.39. The topological polar surface area (TPSA) is 76.3 Å². The van der Waals surface area contributed by atoms with Gasteiger partial charge in [0.2, 0.25) is 0 Å². The number of rotatable bonds is 6. The minimum atomic E-state index is -0.449. The van der Waals surface area contributed by atoms with E-state index in [0.29, 0.717) is 22.8 Å². The highest BCUT2D eigenvalue weighted by Crippen LogP contribution is 2.37. The molecule has 0 spiro atoms. The second-order valence-electron chi connectivity index (χ2n) is 4.61. The molecule has 2 rings (SSSR count). The summed E-state index contributed by atoms with van der Waals surface area (Å²) in [5.41, 5.74) is 0.907. The fourth-order valence-corrected chi connectivity index (χ4v) is 2.89. The van der Waals surface area contributed by atoms with Crippen LogP contribution < -0.4 is 4.90 Å². The lowest BCUT2D eigenvalue weighted by Crippen LogP contribution is -2.20. The predicted molar refractivity (Wildman–Crippen MR) is 82.2 cm³/mol. The molecule has 6 nitrogen and oxygen atoms in total. The first kappa shape index (κ1) is 15.1. The Morgan fingerprint density at radius 2 is 2.24 bits per heavy atom. The lowest BCUT2D eigenvalue weighted by atomic mass is 10.2. The number of nitrogens with zero attached hydrogens (tertiary/aromatic N) is 3. The third-order valence-corrected chi connectivity index (χ3v) is 4.35. The van der Waals surface area contributed by atoms with Crippen LogP contribution >= 0.6 is 11.3 Å². The average Bonchev–Trinajstić information content (AvgIpc) is 2.91. The van der Waals surface area contributed by atoms with Crippen molar-refractivity contribution in [3.8, 4) is 0 Å². The van der Waals surface area contributed by atoms with Crippen LogP contribution in [0.5, 0.6) is 0 Å². The number of pyridine rings is 1. The zero-order valence-corrected chi connectivity index (χ0v) is 12.6. The van der Waals surface area contributed by atoms with Crippen molar-refractivity contribution in [1.29, 1.82) is 0 Å². The number of ketones is 1. The quantitative estimate of drug-likeness (QED) is 0.466. The molecule has 0 N–H and O–H groups in total. The Labute approximate surface area is 126 Å². The van der Waals surface area contributed by atoms with Crippen molar-refractivity contribution in [2.45, 2.75) is 13.3 Å². The average molecular weight is 305 g/mol. The van der Waals surface area contributed by atoms with Gasteiger partial charge in [0, 0.05) is 38.0 Å². The summed E-state index contributed by atoms with van der Waals surface area (Å²) in [6.07, 6.45) is 2.40. The standard InChI is InChI=1S/C14H15N3O3S/c1-10(18)13-9-12(17(19)20)14(21-13)16(2)8-6-11-5-3-4-7-15-11/h3-5,7,9H,6,8H2,1-2H3. The van der Waals surface area contributed by atoms with Gasteiger partial charge in [-0.1, -0.05) is 6.07 Å². The molecule has 0 aromatic carbocycles. The van der Waals surface area contributed by atoms with Crippen LogP contribution in [0.3, 0.4) is 0 Å². The molecule has 0 atom stereocenters. The van der Waals surface area contributed by atoms with Crippen LogP contribution in [-0.2, 0) is 6.42 Å². The van der Waals surface area contributed by atoms with Crippen molar-refractivity contribution in [3.63, 3.8) is 0 Å². The predicted octanol–water partition coefficient (Wildman–Crippen LogP) is 2.93. The molecular weight excluding hydrogens is 290 g/mol. The van der Waals surface area contributed by atoms with E-state index in [0.717, 1.165) is 17.0 Å². The number of hydrogen-bond acceptors (Lipinski definition) is 6. The molecule has 0 amide bonds. The number of thiophene rings is 1. The highest BCUT2D eigenvalue weighted by molar-refractivity contribution is 7.18. The third-order valence-electron chi connectivity index (χ3n) is 3.01. The molecule has 0 saturated carbocycles. The van der Waals surface area contributed by atoms with E-state index < -0.39 is 4.92 Å². The number of anilines is 1. The van der Waals surface area contributed by atoms with Crippen molar-refractivity contribution in [3.05, 3.63) is 51.1 Å². The summed E-state index contributed by atoms with van der Waals surface area (Å²) in [7, 11) is 1.78. The van der Waals surface area contributed by atoms with Gasteiger partial charge >= 0.3 is 5.69 Å². The van der Waals surface area contributed by atoms with E-state index in [4.69, 9.17) is 0 Å². The van der Waals surface area contributed by atoms with Gasteiger partial charge in [0.25, 0.3) is 0 Å². The summed E-state index contributed by atoms with van der Waals surface area (Å²) in [6, 6.07) is 7.01. The molecule has 0 aliphatic carbocycles. The number of aromatic nitrogens is 1. The van der Waals surface area contributed by atoms with E-state index in [-0.39, 0.29) is 11.5 Å². The molecule has 2 aromatic heterocycles. The highest BCUT2D eigenvalue weighted by Gasteiger charge is 2.23. The molecule has 0 unspecified atom stereocenters. The van der Waals surface area contributed by atoms with Crippen LogP contribution in [0.15, 0.2) is 30.5 Å². The van der Waals surface area contributed by atoms with Crippen molar-refractivity contribution < 1.29 is 9.72 Å². The molecule has 2 aromatic rings. The maximum absolute atomic E-state index is 11.4. The Hall–Kier alpha value is -2.28. The van der Waals surface area contributed by atoms with E-state index in [2.05, 4.69) is 4.98 Å². The number of nitro groups is 1. The van der Waals surface area contributed by atoms with E-state index in [9.17, 15) is 14.9 Å². The first-order chi connectivity index (χ1) is 9.99. The maximum Gasteiger partial charge on any atom is 0.304 e. The van der Waals surface area contributed by atoms with E-state index in [1.807, 2.05) is 18.2 Å². The molecule has 0 aliphatic heterocycles. The number of carbonyl (C=O) groups excluding carboxylic acids is 1. The van der Waals surface area contributed by atoms with Crippen LogP contribution in [0.2, 0.25) is 0 Å². The lowest BCUT2D eigenvalue weighted by Gasteiger charge is -2.16. The van der Waals surface area contributed by atoms with Gasteiger partial charge in [-0.25, -0.2) is 0 Å². The summed E-state index contributed by atoms with van der Waals surface area (Å²) in [6.45, 7) is 2.00. The molecule has 0 saturated heterocycles. The minimum absolute atomic E-state index is 0.0197. The van der Waals surface area contributed by atoms with Gasteiger partial charge in [0.05, 0.1) is 9.80 Å². The van der Waals surface area contributed by atoms with Gasteiger partial charge in [-0.15, -0.1) is 11.3 Å². The Morgan fingerprint density at radius 3 is 2.81 bits per heavy atom. The minimum Gasteiger partial charge on any atom is -0.360 e. The van der Waals surface area contributed by atoms with Crippen LogP contribution in [0.1, 0.15) is 22.3 Å². The van der Waals surface area contributed by atoms with Crippen LogP contribution in [-0.4, -0.2) is 29.3 Å². The lowest BCUT2D eigenvalue weighted by molar-refractivity contribution is -0.383. The van der Waals surface area contributed by atoms with Crippen molar-refractivity contribution in [2.75, 3.05) is 18.5 Å². The summed E-state index contributed by atoms with van der Waals surface area (Å²) in [5, 5.41) is 11.6. The van der Waals surface area contributed by atoms with E-state index in [1.54, 1.807) is 18.1 Å². The van der Waals surface area contributed by atoms with Crippen molar-refractivity contribution >= 4 is 27.8 Å². The number of carbonyl (C=O) groups is 1. The Kier molecular flexibility index (Phi) is 4.64. The number of Topliss-reactive ketones (excluding diaryl/α,β-unsaturated/α-hetero) is 1. The van der Waals surface area contributed by atoms with Gasteiger partial charge in [-0.3, -0.25) is 19.9 Å². The Bertz CT molecular complexity index is 655. The fraction of sp³-hybridized carbons (Fsp3) is 0.286. The largest absolute Gasteiger partial charge is 0.360 e. The SMILES string of the molecule is CC(=O)c1cc([N+](=O)[O-])c(N(C)CCc2ccccn2)s1. The van der Waals surface area contributed by atoms with Gasteiger partial charge in [-0.2, -0.15) is 0 Å². The normalized spacial score (nSPS) is 10.4. The molecule has 7 heteroatoms. The molecule has 21 heavy (non-hydrogen) atoms. The van der Waals surface area contributed by atoms with Gasteiger partial charge in [-0.05, 0) is 19.1 Å². The fourth-order valence-electron chi connectivity index (χ4n) is 1.88. The van der Waals surface area contributed by atoms with Crippen LogP contribution in [0, 0.1) is 10.1 Å². The Balaban J connectivity index is 2.16. The summed E-state index contributed by atoms with van der Waals surface area (Å²) in [4.78, 5) is 28.5. The molecule has 0 radical (unpaired) electrons. The molecule has 0 fully saturated rings. The highest BCUT2D eigenvalue weighted by atomic mass is 32.1. The summed E-state index contributed by atoms with van der Waals surface area (Å²) < 4.78 is 0. The van der Waals surface area contributed by atoms with Gasteiger partial charge in [0.1, 0.15) is 0 Å². The van der Waals surface area contributed by atoms with Crippen LogP contribution in [0.4, 0.5) is 10.7 Å². The summed E-state index contributed by atoms with van der Waals surface area (Å²) in [5.74, 6) is -0.160. The second-order valence-corrected chi connectivity index (χ2v) is 5.64. The zero-order valence-electron chi connectivity index (χ0n) is 11.8. The van der Waals surface area contributed by atoms with E-state index >= 15 is 0 Å². The smallest absolute Gasteiger partial charge is 0.304 e. The molecule has 110 valence electrons. The number of hydrogen-bond donors (Lipinski definition) is 0. The molecule has 0 bridgehead atoms. The molecule has 0 aliphatic rings. The number of likely N-dealkylation sites (N-methyl/N-ethyl adjacent to an activating group) is 1. The third kappa shape index (κ3) is 3.63. The zero-order chi connectivity index (χ0) is 15.4. The monoisotopic (exact) mass is 305 g/mol.